The minimum Gasteiger partial charge on any atom is -0.505 e. The summed E-state index contributed by atoms with van der Waals surface area (Å²) in [6.07, 6.45) is 0. The first-order chi connectivity index (χ1) is 10.4. The lowest BCUT2D eigenvalue weighted by Gasteiger charge is -2.14. The monoisotopic (exact) mass is 549 g/mol. The van der Waals surface area contributed by atoms with Gasteiger partial charge in [-0.05, 0) is 75.9 Å². The molecule has 0 unspecified atom stereocenters. The van der Waals surface area contributed by atoms with E-state index in [-0.39, 0.29) is 27.0 Å². The summed E-state index contributed by atoms with van der Waals surface area (Å²) >= 11 is 12.9. The van der Waals surface area contributed by atoms with Crippen molar-refractivity contribution in [2.75, 3.05) is 0 Å². The van der Waals surface area contributed by atoms with Gasteiger partial charge in [-0.1, -0.05) is 0 Å². The van der Waals surface area contributed by atoms with E-state index in [9.17, 15) is 15.2 Å². The van der Waals surface area contributed by atoms with Crippen LogP contribution >= 0.6 is 63.7 Å². The van der Waals surface area contributed by atoms with E-state index in [1.807, 2.05) is 0 Å². The average molecular weight is 553 g/mol. The van der Waals surface area contributed by atoms with E-state index in [0.29, 0.717) is 29.9 Å². The quantitative estimate of drug-likeness (QED) is 0.373. The van der Waals surface area contributed by atoms with Crippen molar-refractivity contribution in [1.29, 1.82) is 5.26 Å². The standard InChI is InChI=1S/C14H3Br4NO3/c15-7-1-4-6(3-19)5-2-8(16)12(21)10(18)14(5)22-13(4)9(17)11(7)20/h1-2,20H. The fourth-order valence-electron chi connectivity index (χ4n) is 2.11. The van der Waals surface area contributed by atoms with E-state index in [2.05, 4.69) is 69.8 Å². The Morgan fingerprint density at radius 1 is 1.09 bits per heavy atom. The van der Waals surface area contributed by atoms with Crippen LogP contribution in [0.5, 0.6) is 5.75 Å². The third-order valence-corrected chi connectivity index (χ3v) is 5.78. The van der Waals surface area contributed by atoms with Crippen molar-refractivity contribution in [2.45, 2.75) is 0 Å². The molecule has 0 fully saturated rings. The Balaban J connectivity index is 2.68. The Bertz CT molecular complexity index is 1020. The van der Waals surface area contributed by atoms with Gasteiger partial charge < -0.3 is 9.52 Å². The van der Waals surface area contributed by atoms with Crippen LogP contribution in [0.15, 0.2) is 39.2 Å². The fourth-order valence-corrected chi connectivity index (χ4v) is 4.52. The van der Waals surface area contributed by atoms with Crippen LogP contribution in [0.2, 0.25) is 0 Å². The first-order valence-corrected chi connectivity index (χ1v) is 8.89. The number of rotatable bonds is 0. The molecule has 22 heavy (non-hydrogen) atoms. The van der Waals surface area contributed by atoms with Gasteiger partial charge in [0.2, 0.25) is 5.43 Å². The highest BCUT2D eigenvalue weighted by Crippen LogP contribution is 2.44. The van der Waals surface area contributed by atoms with Gasteiger partial charge in [0, 0.05) is 10.9 Å². The van der Waals surface area contributed by atoms with E-state index in [1.54, 1.807) is 12.1 Å². The van der Waals surface area contributed by atoms with Crippen LogP contribution < -0.4 is 5.43 Å². The fraction of sp³-hybridized carbons (Fsp3) is 0. The zero-order valence-electron chi connectivity index (χ0n) is 10.4. The van der Waals surface area contributed by atoms with Crippen LogP contribution in [0.3, 0.4) is 0 Å². The molecule has 0 aromatic heterocycles. The van der Waals surface area contributed by atoms with Crippen LogP contribution in [0.25, 0.3) is 22.3 Å². The molecular formula is C14H3Br4NO3. The number of nitriles is 1. The zero-order valence-corrected chi connectivity index (χ0v) is 16.7. The summed E-state index contributed by atoms with van der Waals surface area (Å²) in [5.41, 5.74) is 0.848. The van der Waals surface area contributed by atoms with Gasteiger partial charge in [-0.15, -0.1) is 0 Å². The predicted octanol–water partition coefficient (Wildman–Crippen LogP) is 5.53. The summed E-state index contributed by atoms with van der Waals surface area (Å²) in [4.78, 5) is 12.0. The molecule has 4 nitrogen and oxygen atoms in total. The number of hydrogen-bond acceptors (Lipinski definition) is 4. The summed E-state index contributed by atoms with van der Waals surface area (Å²) in [5, 5.41) is 20.1. The Labute approximate surface area is 157 Å². The Hall–Kier alpha value is -0.880. The highest BCUT2D eigenvalue weighted by atomic mass is 79.9. The third-order valence-electron chi connectivity index (χ3n) is 3.14. The molecule has 0 radical (unpaired) electrons. The molecule has 3 rings (SSSR count). The summed E-state index contributed by atoms with van der Waals surface area (Å²) < 4.78 is 7.05. The van der Waals surface area contributed by atoms with Crippen molar-refractivity contribution in [3.63, 3.8) is 0 Å². The summed E-state index contributed by atoms with van der Waals surface area (Å²) in [5.74, 6) is 0.203. The first-order valence-electron chi connectivity index (χ1n) is 5.72. The molecule has 1 heterocycles. The molecule has 110 valence electrons. The summed E-state index contributed by atoms with van der Waals surface area (Å²) in [6.45, 7) is 0. The second-order valence-corrected chi connectivity index (χ2v) is 7.66. The van der Waals surface area contributed by atoms with Gasteiger partial charge in [0.05, 0.1) is 14.5 Å². The molecule has 1 aliphatic carbocycles. The molecule has 0 spiro atoms. The lowest BCUT2D eigenvalue weighted by molar-refractivity contribution is 0.467. The predicted molar refractivity (Wildman–Crippen MR) is 96.3 cm³/mol. The molecule has 0 saturated heterocycles. The summed E-state index contributed by atoms with van der Waals surface area (Å²) in [7, 11) is 0. The molecule has 1 N–H and O–H groups in total. The van der Waals surface area contributed by atoms with Crippen LogP contribution in [0.4, 0.5) is 0 Å². The van der Waals surface area contributed by atoms with Gasteiger partial charge in [-0.3, -0.25) is 4.79 Å². The number of nitrogens with zero attached hydrogens (tertiary/aromatic N) is 1. The number of phenolic OH excluding ortho intramolecular Hbond substituents is 1. The minimum atomic E-state index is -0.281. The van der Waals surface area contributed by atoms with Crippen LogP contribution in [-0.4, -0.2) is 5.11 Å². The average Bonchev–Trinajstić information content (AvgIpc) is 2.49. The van der Waals surface area contributed by atoms with Crippen molar-refractivity contribution in [1.82, 2.24) is 0 Å². The molecule has 0 saturated carbocycles. The highest BCUT2D eigenvalue weighted by molar-refractivity contribution is 9.11. The summed E-state index contributed by atoms with van der Waals surface area (Å²) in [6, 6.07) is 5.29. The minimum absolute atomic E-state index is 0.0462. The lowest BCUT2D eigenvalue weighted by Crippen LogP contribution is -2.06. The maximum Gasteiger partial charge on any atom is 0.210 e. The van der Waals surface area contributed by atoms with E-state index in [0.717, 1.165) is 0 Å². The molecule has 1 aromatic carbocycles. The number of phenols is 1. The molecule has 2 aliphatic rings. The first kappa shape index (κ1) is 16.0. The van der Waals surface area contributed by atoms with Gasteiger partial charge in [0.15, 0.2) is 11.3 Å². The SMILES string of the molecule is N#Cc1c2cc(Br)c(=O)c(Br)c-2oc2c(Br)c(O)c(Br)cc12. The van der Waals surface area contributed by atoms with Crippen molar-refractivity contribution < 1.29 is 9.52 Å². The largest absolute Gasteiger partial charge is 0.505 e. The lowest BCUT2D eigenvalue weighted by atomic mass is 10.0. The van der Waals surface area contributed by atoms with E-state index < -0.39 is 0 Å². The van der Waals surface area contributed by atoms with Gasteiger partial charge in [-0.25, -0.2) is 0 Å². The number of fused-ring (bicyclic) bond motifs is 2. The number of aromatic hydroxyl groups is 1. The topological polar surface area (TPSA) is 74.2 Å². The smallest absolute Gasteiger partial charge is 0.210 e. The molecule has 1 aliphatic heterocycles. The molecule has 0 atom stereocenters. The van der Waals surface area contributed by atoms with Gasteiger partial charge in [-0.2, -0.15) is 5.26 Å². The van der Waals surface area contributed by atoms with E-state index in [4.69, 9.17) is 4.42 Å². The number of hydrogen-bond donors (Lipinski definition) is 1. The van der Waals surface area contributed by atoms with Gasteiger partial charge in [0.1, 0.15) is 20.8 Å². The van der Waals surface area contributed by atoms with E-state index >= 15 is 0 Å². The molecule has 1 aromatic rings. The van der Waals surface area contributed by atoms with Gasteiger partial charge >= 0.3 is 0 Å². The van der Waals surface area contributed by atoms with Crippen molar-refractivity contribution >= 4 is 74.7 Å². The Morgan fingerprint density at radius 3 is 2.41 bits per heavy atom. The van der Waals surface area contributed by atoms with Crippen molar-refractivity contribution in [3.8, 4) is 23.1 Å². The molecular weight excluding hydrogens is 550 g/mol. The Morgan fingerprint density at radius 2 is 1.77 bits per heavy atom. The van der Waals surface area contributed by atoms with Crippen molar-refractivity contribution in [2.24, 2.45) is 0 Å². The third kappa shape index (κ3) is 2.22. The zero-order chi connectivity index (χ0) is 16.2. The molecule has 0 amide bonds. The van der Waals surface area contributed by atoms with Crippen LogP contribution in [0.1, 0.15) is 5.56 Å². The van der Waals surface area contributed by atoms with Crippen LogP contribution in [0, 0.1) is 11.3 Å². The Kier molecular flexibility index (Phi) is 4.10. The second kappa shape index (κ2) is 5.64. The maximum absolute atomic E-state index is 12.0. The molecule has 0 bridgehead atoms. The second-order valence-electron chi connectivity index (χ2n) is 4.36. The molecule has 8 heteroatoms. The highest BCUT2D eigenvalue weighted by Gasteiger charge is 2.24. The van der Waals surface area contributed by atoms with E-state index in [1.165, 1.54) is 0 Å². The van der Waals surface area contributed by atoms with Gasteiger partial charge in [0.25, 0.3) is 0 Å². The normalized spacial score (nSPS) is 11.0. The number of halogens is 4. The number of benzene rings is 2. The van der Waals surface area contributed by atoms with Crippen molar-refractivity contribution in [3.05, 3.63) is 45.8 Å². The van der Waals surface area contributed by atoms with Crippen LogP contribution in [-0.2, 0) is 0 Å². The maximum atomic E-state index is 12.0.